The fraction of sp³-hybridized carbons (Fsp3) is 0.211. The number of benzene rings is 2. The molecule has 8 heteroatoms. The van der Waals surface area contributed by atoms with Gasteiger partial charge in [-0.1, -0.05) is 17.3 Å². The van der Waals surface area contributed by atoms with E-state index in [1.807, 2.05) is 19.9 Å². The Labute approximate surface area is 154 Å². The standard InChI is InChI=1S/C19H16F3NO3S/c1-10-4-5-12(6-11(10)2)18-17(16(9-20)26-23-18)13-7-14(21)19(15(22)8-13)27(3,24)25/h4-8H,9H2,1-3H3. The van der Waals surface area contributed by atoms with E-state index in [9.17, 15) is 21.6 Å². The van der Waals surface area contributed by atoms with Gasteiger partial charge in [-0.05, 0) is 48.7 Å². The Morgan fingerprint density at radius 1 is 1.00 bits per heavy atom. The Kier molecular flexibility index (Phi) is 4.86. The average Bonchev–Trinajstić information content (AvgIpc) is 2.99. The number of aryl methyl sites for hydroxylation is 2. The number of alkyl halides is 1. The van der Waals surface area contributed by atoms with Crippen molar-refractivity contribution in [3.63, 3.8) is 0 Å². The van der Waals surface area contributed by atoms with Gasteiger partial charge in [-0.15, -0.1) is 0 Å². The van der Waals surface area contributed by atoms with Crippen LogP contribution in [0, 0.1) is 25.5 Å². The molecule has 0 aliphatic heterocycles. The van der Waals surface area contributed by atoms with Gasteiger partial charge < -0.3 is 4.52 Å². The van der Waals surface area contributed by atoms with E-state index in [0.29, 0.717) is 11.8 Å². The van der Waals surface area contributed by atoms with Crippen molar-refractivity contribution in [3.8, 4) is 22.4 Å². The van der Waals surface area contributed by atoms with Crippen molar-refractivity contribution < 1.29 is 26.1 Å². The minimum absolute atomic E-state index is 0.0560. The Bertz CT molecular complexity index is 1110. The molecule has 0 fully saturated rings. The van der Waals surface area contributed by atoms with E-state index in [2.05, 4.69) is 5.16 Å². The number of nitrogens with zero attached hydrogens (tertiary/aromatic N) is 1. The Hall–Kier alpha value is -2.61. The monoisotopic (exact) mass is 395 g/mol. The van der Waals surface area contributed by atoms with Gasteiger partial charge in [0, 0.05) is 11.8 Å². The van der Waals surface area contributed by atoms with Gasteiger partial charge in [0.2, 0.25) is 0 Å². The van der Waals surface area contributed by atoms with Crippen molar-refractivity contribution in [1.82, 2.24) is 5.16 Å². The molecule has 0 saturated heterocycles. The first-order chi connectivity index (χ1) is 12.6. The summed E-state index contributed by atoms with van der Waals surface area (Å²) in [5.41, 5.74) is 2.82. The molecule has 27 heavy (non-hydrogen) atoms. The zero-order chi connectivity index (χ0) is 19.9. The molecule has 0 atom stereocenters. The van der Waals surface area contributed by atoms with Gasteiger partial charge in [0.1, 0.15) is 22.2 Å². The summed E-state index contributed by atoms with van der Waals surface area (Å²) in [6, 6.07) is 7.07. The Balaban J connectivity index is 2.26. The number of rotatable bonds is 4. The lowest BCUT2D eigenvalue weighted by Gasteiger charge is -2.09. The smallest absolute Gasteiger partial charge is 0.181 e. The van der Waals surface area contributed by atoms with Gasteiger partial charge >= 0.3 is 0 Å². The first kappa shape index (κ1) is 19.2. The molecule has 2 aromatic carbocycles. The van der Waals surface area contributed by atoms with Crippen LogP contribution in [0.15, 0.2) is 39.8 Å². The second kappa shape index (κ2) is 6.84. The molecule has 3 rings (SSSR count). The second-order valence-electron chi connectivity index (χ2n) is 6.30. The summed E-state index contributed by atoms with van der Waals surface area (Å²) >= 11 is 0. The van der Waals surface area contributed by atoms with Crippen molar-refractivity contribution >= 4 is 9.84 Å². The van der Waals surface area contributed by atoms with Gasteiger partial charge in [0.15, 0.2) is 22.3 Å². The molecule has 4 nitrogen and oxygen atoms in total. The zero-order valence-electron chi connectivity index (χ0n) is 14.8. The maximum Gasteiger partial charge on any atom is 0.181 e. The van der Waals surface area contributed by atoms with E-state index in [0.717, 1.165) is 23.3 Å². The number of halogens is 3. The third-order valence-electron chi connectivity index (χ3n) is 4.32. The van der Waals surface area contributed by atoms with E-state index in [1.165, 1.54) is 0 Å². The molecule has 1 aromatic heterocycles. The summed E-state index contributed by atoms with van der Waals surface area (Å²) in [6.45, 7) is 2.77. The summed E-state index contributed by atoms with van der Waals surface area (Å²) in [5.74, 6) is -2.72. The predicted octanol–water partition coefficient (Wildman–Crippen LogP) is 4.78. The normalized spacial score (nSPS) is 11.8. The van der Waals surface area contributed by atoms with Gasteiger partial charge in [-0.25, -0.2) is 21.6 Å². The van der Waals surface area contributed by atoms with Gasteiger partial charge in [-0.3, -0.25) is 0 Å². The summed E-state index contributed by atoms with van der Waals surface area (Å²) in [6.07, 6.45) is 0.709. The average molecular weight is 395 g/mol. The summed E-state index contributed by atoms with van der Waals surface area (Å²) < 4.78 is 70.2. The van der Waals surface area contributed by atoms with Crippen molar-refractivity contribution in [2.24, 2.45) is 0 Å². The molecule has 0 bridgehead atoms. The second-order valence-corrected chi connectivity index (χ2v) is 8.26. The Morgan fingerprint density at radius 2 is 1.63 bits per heavy atom. The molecule has 1 heterocycles. The minimum Gasteiger partial charge on any atom is -0.357 e. The van der Waals surface area contributed by atoms with Crippen LogP contribution in [0.5, 0.6) is 0 Å². The first-order valence-corrected chi connectivity index (χ1v) is 9.84. The molecule has 0 aliphatic carbocycles. The van der Waals surface area contributed by atoms with Crippen LogP contribution in [0.2, 0.25) is 0 Å². The molecule has 0 saturated carbocycles. The highest BCUT2D eigenvalue weighted by atomic mass is 32.2. The van der Waals surface area contributed by atoms with Crippen LogP contribution in [0.25, 0.3) is 22.4 Å². The summed E-state index contributed by atoms with van der Waals surface area (Å²) in [4.78, 5) is -1.03. The molecular formula is C19H16F3NO3S. The quantitative estimate of drug-likeness (QED) is 0.638. The highest BCUT2D eigenvalue weighted by molar-refractivity contribution is 7.90. The van der Waals surface area contributed by atoms with Crippen LogP contribution in [-0.2, 0) is 16.5 Å². The largest absolute Gasteiger partial charge is 0.357 e. The van der Waals surface area contributed by atoms with E-state index >= 15 is 0 Å². The van der Waals surface area contributed by atoms with Crippen molar-refractivity contribution in [2.75, 3.05) is 6.26 Å². The Morgan fingerprint density at radius 3 is 2.15 bits per heavy atom. The molecule has 0 aliphatic rings. The molecule has 3 aromatic rings. The zero-order valence-corrected chi connectivity index (χ0v) is 15.6. The van der Waals surface area contributed by atoms with Crippen LogP contribution in [0.3, 0.4) is 0 Å². The number of aromatic nitrogens is 1. The lowest BCUT2D eigenvalue weighted by Crippen LogP contribution is -2.05. The van der Waals surface area contributed by atoms with Crippen LogP contribution in [-0.4, -0.2) is 19.8 Å². The molecular weight excluding hydrogens is 379 g/mol. The predicted molar refractivity (Wildman–Crippen MR) is 94.7 cm³/mol. The van der Waals surface area contributed by atoms with E-state index in [1.54, 1.807) is 12.1 Å². The van der Waals surface area contributed by atoms with E-state index in [4.69, 9.17) is 4.52 Å². The van der Waals surface area contributed by atoms with Crippen LogP contribution in [0.1, 0.15) is 16.9 Å². The molecule has 0 spiro atoms. The van der Waals surface area contributed by atoms with Crippen LogP contribution < -0.4 is 0 Å². The number of sulfone groups is 1. The van der Waals surface area contributed by atoms with Gasteiger partial charge in [0.25, 0.3) is 0 Å². The number of hydrogen-bond donors (Lipinski definition) is 0. The van der Waals surface area contributed by atoms with Gasteiger partial charge in [-0.2, -0.15) is 0 Å². The van der Waals surface area contributed by atoms with Crippen molar-refractivity contribution in [2.45, 2.75) is 25.4 Å². The first-order valence-electron chi connectivity index (χ1n) is 7.95. The molecule has 0 unspecified atom stereocenters. The van der Waals surface area contributed by atoms with Crippen molar-refractivity contribution in [3.05, 3.63) is 58.9 Å². The van der Waals surface area contributed by atoms with Crippen LogP contribution in [0.4, 0.5) is 13.2 Å². The van der Waals surface area contributed by atoms with Gasteiger partial charge in [0.05, 0.1) is 5.56 Å². The summed E-state index contributed by atoms with van der Waals surface area (Å²) in [5, 5.41) is 3.86. The maximum atomic E-state index is 14.3. The summed E-state index contributed by atoms with van der Waals surface area (Å²) in [7, 11) is -4.10. The minimum atomic E-state index is -4.10. The molecule has 0 radical (unpaired) electrons. The third kappa shape index (κ3) is 3.49. The maximum absolute atomic E-state index is 14.3. The lowest BCUT2D eigenvalue weighted by atomic mass is 9.97. The third-order valence-corrected chi connectivity index (χ3v) is 5.45. The molecule has 0 amide bonds. The lowest BCUT2D eigenvalue weighted by molar-refractivity contribution is 0.332. The highest BCUT2D eigenvalue weighted by Gasteiger charge is 2.25. The topological polar surface area (TPSA) is 60.2 Å². The highest BCUT2D eigenvalue weighted by Crippen LogP contribution is 2.37. The molecule has 142 valence electrons. The van der Waals surface area contributed by atoms with E-state index < -0.39 is 33.0 Å². The fourth-order valence-electron chi connectivity index (χ4n) is 2.86. The van der Waals surface area contributed by atoms with E-state index in [-0.39, 0.29) is 22.6 Å². The number of hydrogen-bond acceptors (Lipinski definition) is 4. The fourth-order valence-corrected chi connectivity index (χ4v) is 3.68. The van der Waals surface area contributed by atoms with Crippen molar-refractivity contribution in [1.29, 1.82) is 0 Å². The SMILES string of the molecule is Cc1ccc(-c2noc(CF)c2-c2cc(F)c(S(C)(=O)=O)c(F)c2)cc1C. The molecule has 0 N–H and O–H groups in total. The van der Waals surface area contributed by atoms with Crippen LogP contribution >= 0.6 is 0 Å².